The van der Waals surface area contributed by atoms with Gasteiger partial charge in [0.15, 0.2) is 0 Å². The van der Waals surface area contributed by atoms with E-state index in [9.17, 15) is 0 Å². The maximum absolute atomic E-state index is 6.47. The van der Waals surface area contributed by atoms with Crippen molar-refractivity contribution in [1.82, 2.24) is 19.9 Å². The number of fused-ring (bicyclic) bond motifs is 9. The van der Waals surface area contributed by atoms with Gasteiger partial charge in [0.1, 0.15) is 22.3 Å². The van der Waals surface area contributed by atoms with Crippen molar-refractivity contribution < 1.29 is 8.83 Å². The Balaban J connectivity index is 1.09. The monoisotopic (exact) mass is 676 g/mol. The van der Waals surface area contributed by atoms with Crippen molar-refractivity contribution in [1.29, 1.82) is 0 Å². The third kappa shape index (κ3) is 4.78. The summed E-state index contributed by atoms with van der Waals surface area (Å²) in [5.41, 5.74) is 15.1. The standard InChI is InChI=1S/C46H36N4O2/c1-4-31(33-14-18-48-25-40(33)45-26(2)7-5-15-49-45)28-9-11-41-35(19-28)37-22-38-36-20-29(10-12-42(36)52-44(38)23-43(37)51-41)34-21-30-8-6-16-50-46(30)39-24-47-17-13-32(39)27(34)3/h5-20,22-25,27,31,34H,4,21H2,1-3H3. The number of nitrogens with zero attached hydrogens (tertiary/aromatic N) is 4. The number of pyridine rings is 4. The molecule has 0 bridgehead atoms. The topological polar surface area (TPSA) is 77.8 Å². The molecule has 0 amide bonds. The first kappa shape index (κ1) is 30.7. The van der Waals surface area contributed by atoms with Crippen LogP contribution >= 0.6 is 0 Å². The average molecular weight is 677 g/mol. The smallest absolute Gasteiger partial charge is 0.139 e. The van der Waals surface area contributed by atoms with E-state index < -0.39 is 0 Å². The van der Waals surface area contributed by atoms with E-state index >= 15 is 0 Å². The molecule has 0 radical (unpaired) electrons. The lowest BCUT2D eigenvalue weighted by Crippen LogP contribution is -2.10. The normalized spacial score (nSPS) is 16.3. The number of hydrogen-bond acceptors (Lipinski definition) is 6. The van der Waals surface area contributed by atoms with Gasteiger partial charge in [-0.1, -0.05) is 38.1 Å². The predicted molar refractivity (Wildman–Crippen MR) is 208 cm³/mol. The minimum Gasteiger partial charge on any atom is -0.456 e. The van der Waals surface area contributed by atoms with Gasteiger partial charge in [0.2, 0.25) is 0 Å². The van der Waals surface area contributed by atoms with Crippen LogP contribution in [0.15, 0.2) is 131 Å². The fourth-order valence-corrected chi connectivity index (χ4v) is 8.72. The van der Waals surface area contributed by atoms with E-state index in [4.69, 9.17) is 18.8 Å². The highest BCUT2D eigenvalue weighted by molar-refractivity contribution is 6.15. The van der Waals surface area contributed by atoms with E-state index in [1.807, 2.05) is 49.3 Å². The number of furan rings is 2. The Kier molecular flexibility index (Phi) is 7.07. The number of benzene rings is 3. The summed E-state index contributed by atoms with van der Waals surface area (Å²) in [7, 11) is 0. The number of aromatic nitrogens is 4. The Morgan fingerprint density at radius 1 is 0.673 bits per heavy atom. The molecule has 1 aliphatic rings. The highest BCUT2D eigenvalue weighted by Gasteiger charge is 2.30. The zero-order chi connectivity index (χ0) is 34.9. The third-order valence-corrected chi connectivity index (χ3v) is 11.4. The predicted octanol–water partition coefficient (Wildman–Crippen LogP) is 11.7. The molecule has 252 valence electrons. The van der Waals surface area contributed by atoms with Crippen molar-refractivity contribution in [2.24, 2.45) is 0 Å². The lowest BCUT2D eigenvalue weighted by molar-refractivity contribution is 0.579. The number of rotatable bonds is 5. The fraction of sp³-hybridized carbons (Fsp3) is 0.174. The van der Waals surface area contributed by atoms with Crippen LogP contribution in [-0.4, -0.2) is 19.9 Å². The van der Waals surface area contributed by atoms with E-state index in [0.717, 1.165) is 84.8 Å². The van der Waals surface area contributed by atoms with E-state index in [-0.39, 0.29) is 17.8 Å². The Morgan fingerprint density at radius 3 is 2.15 bits per heavy atom. The molecule has 0 saturated carbocycles. The molecule has 3 unspecified atom stereocenters. The van der Waals surface area contributed by atoms with Gasteiger partial charge in [-0.05, 0) is 120 Å². The van der Waals surface area contributed by atoms with Crippen molar-refractivity contribution in [2.45, 2.75) is 51.4 Å². The van der Waals surface area contributed by atoms with Gasteiger partial charge < -0.3 is 8.83 Å². The van der Waals surface area contributed by atoms with Crippen molar-refractivity contribution in [3.05, 3.63) is 155 Å². The molecular weight excluding hydrogens is 641 g/mol. The van der Waals surface area contributed by atoms with Crippen LogP contribution in [0.2, 0.25) is 0 Å². The molecule has 0 aliphatic heterocycles. The molecule has 6 heterocycles. The summed E-state index contributed by atoms with van der Waals surface area (Å²) >= 11 is 0. The van der Waals surface area contributed by atoms with Crippen LogP contribution in [-0.2, 0) is 6.42 Å². The van der Waals surface area contributed by atoms with Crippen LogP contribution < -0.4 is 0 Å². The molecule has 0 saturated heterocycles. The first-order valence-electron chi connectivity index (χ1n) is 18.1. The highest BCUT2D eigenvalue weighted by atomic mass is 16.3. The largest absolute Gasteiger partial charge is 0.456 e. The quantitative estimate of drug-likeness (QED) is 0.181. The van der Waals surface area contributed by atoms with E-state index in [1.165, 1.54) is 27.8 Å². The molecule has 6 aromatic heterocycles. The van der Waals surface area contributed by atoms with Gasteiger partial charge in [0, 0.05) is 81.8 Å². The van der Waals surface area contributed by atoms with Gasteiger partial charge in [-0.2, -0.15) is 0 Å². The second kappa shape index (κ2) is 12.0. The second-order valence-corrected chi connectivity index (χ2v) is 14.2. The Morgan fingerprint density at radius 2 is 1.37 bits per heavy atom. The van der Waals surface area contributed by atoms with Gasteiger partial charge >= 0.3 is 0 Å². The summed E-state index contributed by atoms with van der Waals surface area (Å²) in [6.45, 7) is 6.69. The molecule has 0 fully saturated rings. The molecule has 9 aromatic rings. The lowest BCUT2D eigenvalue weighted by atomic mass is 9.80. The van der Waals surface area contributed by atoms with Crippen LogP contribution in [0.5, 0.6) is 0 Å². The van der Waals surface area contributed by atoms with Crippen molar-refractivity contribution >= 4 is 43.9 Å². The summed E-state index contributed by atoms with van der Waals surface area (Å²) in [6, 6.07) is 30.3. The first-order chi connectivity index (χ1) is 25.6. The van der Waals surface area contributed by atoms with E-state index in [0.29, 0.717) is 0 Å². The third-order valence-electron chi connectivity index (χ3n) is 11.4. The Hall–Kier alpha value is -6.14. The van der Waals surface area contributed by atoms with Gasteiger partial charge in [-0.15, -0.1) is 0 Å². The van der Waals surface area contributed by atoms with Crippen LogP contribution in [0.3, 0.4) is 0 Å². The lowest BCUT2D eigenvalue weighted by Gasteiger charge is -2.23. The summed E-state index contributed by atoms with van der Waals surface area (Å²) in [6.07, 6.45) is 13.3. The molecule has 0 N–H and O–H groups in total. The molecule has 1 aliphatic carbocycles. The van der Waals surface area contributed by atoms with Crippen molar-refractivity contribution in [2.75, 3.05) is 0 Å². The fourth-order valence-electron chi connectivity index (χ4n) is 8.72. The summed E-state index contributed by atoms with van der Waals surface area (Å²) in [4.78, 5) is 18.5. The average Bonchev–Trinajstić information content (AvgIpc) is 3.69. The van der Waals surface area contributed by atoms with Crippen LogP contribution in [0.4, 0.5) is 0 Å². The van der Waals surface area contributed by atoms with Gasteiger partial charge in [0.25, 0.3) is 0 Å². The minimum absolute atomic E-state index is 0.164. The van der Waals surface area contributed by atoms with Crippen molar-refractivity contribution in [3.63, 3.8) is 0 Å². The maximum atomic E-state index is 6.47. The number of aryl methyl sites for hydroxylation is 1. The highest BCUT2D eigenvalue weighted by Crippen LogP contribution is 2.46. The molecule has 3 aromatic carbocycles. The first-order valence-corrected chi connectivity index (χ1v) is 18.1. The summed E-state index contributed by atoms with van der Waals surface area (Å²) in [5, 5.41) is 4.41. The van der Waals surface area contributed by atoms with Crippen LogP contribution in [0.25, 0.3) is 66.4 Å². The minimum atomic E-state index is 0.164. The molecule has 6 nitrogen and oxygen atoms in total. The summed E-state index contributed by atoms with van der Waals surface area (Å²) < 4.78 is 12.9. The maximum Gasteiger partial charge on any atom is 0.139 e. The molecular formula is C46H36N4O2. The zero-order valence-electron chi connectivity index (χ0n) is 29.3. The van der Waals surface area contributed by atoms with Crippen molar-refractivity contribution in [3.8, 4) is 22.5 Å². The summed E-state index contributed by atoms with van der Waals surface area (Å²) in [5.74, 6) is 0.707. The zero-order valence-corrected chi connectivity index (χ0v) is 29.3. The molecule has 6 heteroatoms. The van der Waals surface area contributed by atoms with E-state index in [2.05, 4.69) is 104 Å². The SMILES string of the molecule is CCC(c1ccc2oc3cc4oc5ccc(C6Cc7cccnc7-c7cnccc7C6C)cc5c4cc3c2c1)c1ccncc1-c1ncccc1C. The molecule has 10 rings (SSSR count). The Bertz CT molecular complexity index is 2830. The van der Waals surface area contributed by atoms with Crippen LogP contribution in [0.1, 0.15) is 71.4 Å². The van der Waals surface area contributed by atoms with E-state index in [1.54, 1.807) is 0 Å². The second-order valence-electron chi connectivity index (χ2n) is 14.2. The van der Waals surface area contributed by atoms with Gasteiger partial charge in [-0.25, -0.2) is 0 Å². The Labute approximate surface area is 301 Å². The van der Waals surface area contributed by atoms with Crippen LogP contribution in [0, 0.1) is 6.92 Å². The van der Waals surface area contributed by atoms with Gasteiger partial charge in [0.05, 0.1) is 11.4 Å². The van der Waals surface area contributed by atoms with Gasteiger partial charge in [-0.3, -0.25) is 19.9 Å². The molecule has 0 spiro atoms. The number of hydrogen-bond donors (Lipinski definition) is 0. The molecule has 3 atom stereocenters. The molecule has 52 heavy (non-hydrogen) atoms.